The average Bonchev–Trinajstić information content (AvgIpc) is 2.96. The zero-order valence-corrected chi connectivity index (χ0v) is 11.3. The summed E-state index contributed by atoms with van der Waals surface area (Å²) in [6.45, 7) is 3.80. The first-order valence-electron chi connectivity index (χ1n) is 6.32. The van der Waals surface area contributed by atoms with Gasteiger partial charge in [-0.2, -0.15) is 0 Å². The van der Waals surface area contributed by atoms with Crippen LogP contribution in [0.25, 0.3) is 11.0 Å². The first kappa shape index (κ1) is 12.5. The Morgan fingerprint density at radius 2 is 2.15 bits per heavy atom. The Labute approximate surface area is 115 Å². The van der Waals surface area contributed by atoms with Crippen molar-refractivity contribution in [3.63, 3.8) is 0 Å². The zero-order chi connectivity index (χ0) is 14.1. The van der Waals surface area contributed by atoms with Crippen LogP contribution in [0.2, 0.25) is 0 Å². The third kappa shape index (κ3) is 2.42. The van der Waals surface area contributed by atoms with Gasteiger partial charge in [0, 0.05) is 17.0 Å². The summed E-state index contributed by atoms with van der Waals surface area (Å²) in [6.07, 6.45) is 1.85. The highest BCUT2D eigenvalue weighted by Crippen LogP contribution is 2.23. The van der Waals surface area contributed by atoms with Crippen LogP contribution in [0.1, 0.15) is 16.8 Å². The van der Waals surface area contributed by atoms with Gasteiger partial charge in [-0.15, -0.1) is 0 Å². The van der Waals surface area contributed by atoms with Gasteiger partial charge in [-0.25, -0.2) is 0 Å². The van der Waals surface area contributed by atoms with Crippen molar-refractivity contribution in [2.45, 2.75) is 20.3 Å². The fraction of sp³-hybridized carbons (Fsp3) is 0.200. The number of hydrogen-bond donors (Lipinski definition) is 1. The molecule has 2 aromatic heterocycles. The summed E-state index contributed by atoms with van der Waals surface area (Å²) in [4.78, 5) is 12.0. The fourth-order valence-electron chi connectivity index (χ4n) is 2.10. The SMILES string of the molecule is Cc1ccc2c(CC(=O)Nc3cc(C)no3)coc2c1. The van der Waals surface area contributed by atoms with Crippen molar-refractivity contribution in [3.8, 4) is 0 Å². The molecule has 1 amide bonds. The van der Waals surface area contributed by atoms with E-state index in [0.717, 1.165) is 27.8 Å². The maximum Gasteiger partial charge on any atom is 0.231 e. The topological polar surface area (TPSA) is 68.3 Å². The molecule has 5 heteroatoms. The summed E-state index contributed by atoms with van der Waals surface area (Å²) in [5.41, 5.74) is 3.50. The number of nitrogens with zero attached hydrogens (tertiary/aromatic N) is 1. The third-order valence-electron chi connectivity index (χ3n) is 3.05. The van der Waals surface area contributed by atoms with Gasteiger partial charge in [-0.05, 0) is 25.5 Å². The normalized spacial score (nSPS) is 10.9. The molecule has 0 spiro atoms. The minimum atomic E-state index is -0.163. The third-order valence-corrected chi connectivity index (χ3v) is 3.05. The van der Waals surface area contributed by atoms with Gasteiger partial charge >= 0.3 is 0 Å². The molecule has 0 aliphatic rings. The van der Waals surface area contributed by atoms with Crippen LogP contribution in [-0.4, -0.2) is 11.1 Å². The summed E-state index contributed by atoms with van der Waals surface area (Å²) in [5, 5.41) is 7.34. The Kier molecular flexibility index (Phi) is 3.02. The standard InChI is InChI=1S/C15H14N2O3/c1-9-3-4-12-11(8-19-13(12)5-9)7-14(18)16-15-6-10(2)17-20-15/h3-6,8H,7H2,1-2H3,(H,16,18). The van der Waals surface area contributed by atoms with Gasteiger partial charge in [-0.3, -0.25) is 10.1 Å². The number of amides is 1. The second-order valence-electron chi connectivity index (χ2n) is 4.82. The lowest BCUT2D eigenvalue weighted by atomic mass is 10.1. The number of aromatic nitrogens is 1. The molecule has 5 nitrogen and oxygen atoms in total. The molecule has 0 atom stereocenters. The molecule has 0 fully saturated rings. The van der Waals surface area contributed by atoms with Crippen LogP contribution in [0.3, 0.4) is 0 Å². The molecule has 102 valence electrons. The van der Waals surface area contributed by atoms with Crippen LogP contribution in [0.4, 0.5) is 5.88 Å². The van der Waals surface area contributed by atoms with E-state index in [4.69, 9.17) is 8.94 Å². The lowest BCUT2D eigenvalue weighted by molar-refractivity contribution is -0.115. The largest absolute Gasteiger partial charge is 0.464 e. The number of fused-ring (bicyclic) bond motifs is 1. The maximum atomic E-state index is 12.0. The van der Waals surface area contributed by atoms with Gasteiger partial charge < -0.3 is 8.94 Å². The molecule has 1 N–H and O–H groups in total. The van der Waals surface area contributed by atoms with Crippen molar-refractivity contribution in [1.82, 2.24) is 5.16 Å². The summed E-state index contributed by atoms with van der Waals surface area (Å²) < 4.78 is 10.4. The summed E-state index contributed by atoms with van der Waals surface area (Å²) in [6, 6.07) is 7.60. The Hall–Kier alpha value is -2.56. The van der Waals surface area contributed by atoms with E-state index in [2.05, 4.69) is 10.5 Å². The molecule has 0 aliphatic carbocycles. The van der Waals surface area contributed by atoms with Crippen molar-refractivity contribution < 1.29 is 13.7 Å². The highest BCUT2D eigenvalue weighted by molar-refractivity contribution is 5.94. The molecule has 1 aromatic carbocycles. The van der Waals surface area contributed by atoms with E-state index in [-0.39, 0.29) is 12.3 Å². The van der Waals surface area contributed by atoms with Gasteiger partial charge in [0.05, 0.1) is 18.4 Å². The number of hydrogen-bond acceptors (Lipinski definition) is 4. The monoisotopic (exact) mass is 270 g/mol. The van der Waals surface area contributed by atoms with Crippen molar-refractivity contribution >= 4 is 22.8 Å². The molecule has 0 bridgehead atoms. The van der Waals surface area contributed by atoms with E-state index in [1.807, 2.05) is 25.1 Å². The first-order chi connectivity index (χ1) is 9.61. The molecule has 0 aliphatic heterocycles. The van der Waals surface area contributed by atoms with Crippen molar-refractivity contribution in [1.29, 1.82) is 0 Å². The maximum absolute atomic E-state index is 12.0. The predicted octanol–water partition coefficient (Wildman–Crippen LogP) is 3.22. The van der Waals surface area contributed by atoms with Crippen molar-refractivity contribution in [2.75, 3.05) is 5.32 Å². The van der Waals surface area contributed by atoms with E-state index in [0.29, 0.717) is 5.88 Å². The summed E-state index contributed by atoms with van der Waals surface area (Å²) in [5.74, 6) is 0.195. The minimum Gasteiger partial charge on any atom is -0.464 e. The Bertz CT molecular complexity index is 770. The first-order valence-corrected chi connectivity index (χ1v) is 6.32. The zero-order valence-electron chi connectivity index (χ0n) is 11.3. The highest BCUT2D eigenvalue weighted by Gasteiger charge is 2.12. The van der Waals surface area contributed by atoms with Crippen LogP contribution in [0, 0.1) is 13.8 Å². The number of nitrogens with one attached hydrogen (secondary N) is 1. The van der Waals surface area contributed by atoms with Gasteiger partial charge in [0.1, 0.15) is 5.58 Å². The lowest BCUT2D eigenvalue weighted by Gasteiger charge is -1.99. The molecule has 0 saturated heterocycles. The molecule has 0 radical (unpaired) electrons. The van der Waals surface area contributed by atoms with E-state index >= 15 is 0 Å². The molecule has 3 rings (SSSR count). The quantitative estimate of drug-likeness (QED) is 0.793. The second-order valence-corrected chi connectivity index (χ2v) is 4.82. The van der Waals surface area contributed by atoms with Crippen LogP contribution < -0.4 is 5.32 Å². The number of benzene rings is 1. The number of carbonyl (C=O) groups excluding carboxylic acids is 1. The van der Waals surface area contributed by atoms with Gasteiger partial charge in [0.2, 0.25) is 11.8 Å². The van der Waals surface area contributed by atoms with Gasteiger partial charge in [0.25, 0.3) is 0 Å². The van der Waals surface area contributed by atoms with Crippen LogP contribution in [0.15, 0.2) is 39.5 Å². The predicted molar refractivity (Wildman–Crippen MR) is 74.5 cm³/mol. The fourth-order valence-corrected chi connectivity index (χ4v) is 2.10. The molecule has 2 heterocycles. The van der Waals surface area contributed by atoms with Crippen molar-refractivity contribution in [2.24, 2.45) is 0 Å². The Balaban J connectivity index is 1.77. The second kappa shape index (κ2) is 4.85. The Morgan fingerprint density at radius 3 is 2.90 bits per heavy atom. The smallest absolute Gasteiger partial charge is 0.231 e. The average molecular weight is 270 g/mol. The molecule has 20 heavy (non-hydrogen) atoms. The number of aryl methyl sites for hydroxylation is 2. The highest BCUT2D eigenvalue weighted by atomic mass is 16.5. The summed E-state index contributed by atoms with van der Waals surface area (Å²) in [7, 11) is 0. The molecular formula is C15H14N2O3. The van der Waals surface area contributed by atoms with Crippen molar-refractivity contribution in [3.05, 3.63) is 47.3 Å². The van der Waals surface area contributed by atoms with E-state index < -0.39 is 0 Å². The van der Waals surface area contributed by atoms with Crippen LogP contribution >= 0.6 is 0 Å². The van der Waals surface area contributed by atoms with E-state index in [1.165, 1.54) is 0 Å². The molecule has 3 aromatic rings. The summed E-state index contributed by atoms with van der Waals surface area (Å²) >= 11 is 0. The van der Waals surface area contributed by atoms with Crippen LogP contribution in [-0.2, 0) is 11.2 Å². The molecular weight excluding hydrogens is 256 g/mol. The van der Waals surface area contributed by atoms with Gasteiger partial charge in [-0.1, -0.05) is 17.3 Å². The van der Waals surface area contributed by atoms with E-state index in [1.54, 1.807) is 19.3 Å². The number of carbonyl (C=O) groups is 1. The number of rotatable bonds is 3. The van der Waals surface area contributed by atoms with Crippen LogP contribution in [0.5, 0.6) is 0 Å². The van der Waals surface area contributed by atoms with Gasteiger partial charge in [0.15, 0.2) is 0 Å². The number of furan rings is 1. The van der Waals surface area contributed by atoms with E-state index in [9.17, 15) is 4.79 Å². The molecule has 0 unspecified atom stereocenters. The number of anilines is 1. The minimum absolute atomic E-state index is 0.163. The lowest BCUT2D eigenvalue weighted by Crippen LogP contribution is -2.13. The Morgan fingerprint density at radius 1 is 1.30 bits per heavy atom. The molecule has 0 saturated carbocycles.